The Balaban J connectivity index is 0. The molecule has 0 aromatic heterocycles. The molecule has 0 saturated heterocycles. The second-order valence-electron chi connectivity index (χ2n) is 1.88. The third-order valence-corrected chi connectivity index (χ3v) is 1.26. The fraction of sp³-hybridized carbons (Fsp3) is 0.833. The number of aliphatic hydroxyl groups excluding tert-OH is 1. The van der Waals surface area contributed by atoms with Gasteiger partial charge in [-0.1, -0.05) is 0 Å². The minimum absolute atomic E-state index is 0. The molecule has 5 heteroatoms. The van der Waals surface area contributed by atoms with Gasteiger partial charge in [0.2, 0.25) is 0 Å². The molecular formula is C6H11KO2S2. The predicted molar refractivity (Wildman–Crippen MR) is 46.9 cm³/mol. The zero-order valence-corrected chi connectivity index (χ0v) is 11.5. The fourth-order valence-electron chi connectivity index (χ4n) is 0.546. The van der Waals surface area contributed by atoms with Crippen LogP contribution in [0.3, 0.4) is 0 Å². The maximum atomic E-state index is 8.39. The molecule has 0 saturated carbocycles. The molecule has 0 amide bonds. The summed E-state index contributed by atoms with van der Waals surface area (Å²) in [6.07, 6.45) is 2.71. The molecule has 0 rings (SSSR count). The second kappa shape index (κ2) is 11.7. The smallest absolute Gasteiger partial charge is 0.514 e. The van der Waals surface area contributed by atoms with E-state index >= 15 is 0 Å². The molecule has 0 spiro atoms. The fourth-order valence-corrected chi connectivity index (χ4v) is 0.713. The van der Waals surface area contributed by atoms with Crippen LogP contribution in [0.15, 0.2) is 0 Å². The summed E-state index contributed by atoms with van der Waals surface area (Å²) < 4.78 is 5.04. The quantitative estimate of drug-likeness (QED) is 0.250. The first-order valence-corrected chi connectivity index (χ1v) is 4.03. The van der Waals surface area contributed by atoms with Crippen molar-refractivity contribution in [1.29, 1.82) is 0 Å². The van der Waals surface area contributed by atoms with E-state index in [2.05, 4.69) is 24.8 Å². The molecule has 0 aromatic carbocycles. The third-order valence-electron chi connectivity index (χ3n) is 1.02. The molecule has 0 radical (unpaired) electrons. The Morgan fingerprint density at radius 1 is 1.36 bits per heavy atom. The van der Waals surface area contributed by atoms with Crippen LogP contribution in [0.25, 0.3) is 0 Å². The Kier molecular flexibility index (Phi) is 16.2. The minimum atomic E-state index is 0. The van der Waals surface area contributed by atoms with E-state index in [-0.39, 0.29) is 62.4 Å². The van der Waals surface area contributed by atoms with Crippen molar-refractivity contribution in [3.63, 3.8) is 0 Å². The van der Waals surface area contributed by atoms with E-state index in [0.717, 1.165) is 19.3 Å². The molecule has 0 aliphatic carbocycles. The van der Waals surface area contributed by atoms with Crippen LogP contribution in [0.4, 0.5) is 0 Å². The predicted octanol–water partition coefficient (Wildman–Crippen LogP) is -2.00. The first kappa shape index (κ1) is 15.2. The van der Waals surface area contributed by atoms with Gasteiger partial charge in [0.05, 0.1) is 6.61 Å². The van der Waals surface area contributed by atoms with Crippen LogP contribution in [-0.2, 0) is 17.4 Å². The molecule has 60 valence electrons. The van der Waals surface area contributed by atoms with E-state index in [1.807, 2.05) is 0 Å². The standard InChI is InChI=1S/C6H12O2S2.K/c7-4-2-1-3-5-8-6(9)10;/h7H,1-5H2,(H,9,10);/q;+1/p-1. The van der Waals surface area contributed by atoms with Gasteiger partial charge in [-0.25, -0.2) is 0 Å². The van der Waals surface area contributed by atoms with E-state index < -0.39 is 0 Å². The number of ether oxygens (including phenoxy) is 1. The maximum absolute atomic E-state index is 8.39. The van der Waals surface area contributed by atoms with Crippen molar-refractivity contribution in [2.75, 3.05) is 13.2 Å². The Bertz CT molecular complexity index is 101. The Morgan fingerprint density at radius 2 is 2.00 bits per heavy atom. The molecule has 0 bridgehead atoms. The van der Waals surface area contributed by atoms with Gasteiger partial charge in [-0.05, 0) is 19.3 Å². The molecule has 0 aromatic rings. The van der Waals surface area contributed by atoms with Gasteiger partial charge in [-0.3, -0.25) is 0 Å². The van der Waals surface area contributed by atoms with E-state index in [0.29, 0.717) is 6.61 Å². The average Bonchev–Trinajstić information content (AvgIpc) is 1.87. The van der Waals surface area contributed by atoms with Crippen molar-refractivity contribution in [1.82, 2.24) is 0 Å². The monoisotopic (exact) mass is 218 g/mol. The van der Waals surface area contributed by atoms with Gasteiger partial charge in [0.25, 0.3) is 0 Å². The molecule has 0 atom stereocenters. The van der Waals surface area contributed by atoms with Crippen molar-refractivity contribution in [3.8, 4) is 0 Å². The summed E-state index contributed by atoms with van der Waals surface area (Å²) in [6.45, 7) is 0.834. The van der Waals surface area contributed by atoms with Crippen molar-refractivity contribution in [3.05, 3.63) is 0 Å². The average molecular weight is 218 g/mol. The van der Waals surface area contributed by atoms with Crippen molar-refractivity contribution < 1.29 is 61.2 Å². The molecule has 2 nitrogen and oxygen atoms in total. The van der Waals surface area contributed by atoms with E-state index in [4.69, 9.17) is 9.84 Å². The van der Waals surface area contributed by atoms with Gasteiger partial charge >= 0.3 is 51.4 Å². The topological polar surface area (TPSA) is 29.5 Å². The van der Waals surface area contributed by atoms with Gasteiger partial charge in [-0.15, -0.1) is 0 Å². The molecule has 0 aliphatic heterocycles. The van der Waals surface area contributed by atoms with Crippen LogP contribution < -0.4 is 51.4 Å². The Morgan fingerprint density at radius 3 is 2.45 bits per heavy atom. The summed E-state index contributed by atoms with van der Waals surface area (Å²) in [6, 6.07) is 0. The summed E-state index contributed by atoms with van der Waals surface area (Å²) in [7, 11) is 0. The van der Waals surface area contributed by atoms with Crippen LogP contribution in [0.1, 0.15) is 19.3 Å². The van der Waals surface area contributed by atoms with E-state index in [1.165, 1.54) is 0 Å². The zero-order valence-electron chi connectivity index (χ0n) is 6.71. The maximum Gasteiger partial charge on any atom is 1.00 e. The van der Waals surface area contributed by atoms with Gasteiger partial charge < -0.3 is 34.7 Å². The molecule has 0 fully saturated rings. The summed E-state index contributed by atoms with van der Waals surface area (Å²) in [4.78, 5) is 0. The number of thiocarbonyl (C=S) groups is 1. The summed E-state index contributed by atoms with van der Waals surface area (Å²) in [5.41, 5.74) is 0. The van der Waals surface area contributed by atoms with Gasteiger partial charge in [0.15, 0.2) is 0 Å². The van der Waals surface area contributed by atoms with Gasteiger partial charge in [0, 0.05) is 11.0 Å². The summed E-state index contributed by atoms with van der Waals surface area (Å²) >= 11 is 9.03. The van der Waals surface area contributed by atoms with Crippen LogP contribution in [-0.4, -0.2) is 22.7 Å². The number of hydrogen-bond donors (Lipinski definition) is 1. The van der Waals surface area contributed by atoms with Crippen molar-refractivity contribution >= 4 is 29.2 Å². The number of rotatable bonds is 5. The number of aliphatic hydroxyl groups is 1. The Labute approximate surface area is 121 Å². The molecule has 0 unspecified atom stereocenters. The van der Waals surface area contributed by atoms with E-state index in [9.17, 15) is 0 Å². The molecule has 11 heavy (non-hydrogen) atoms. The first-order chi connectivity index (χ1) is 4.77. The van der Waals surface area contributed by atoms with Crippen LogP contribution in [0.2, 0.25) is 0 Å². The molecule has 0 heterocycles. The van der Waals surface area contributed by atoms with Crippen LogP contribution in [0.5, 0.6) is 0 Å². The van der Waals surface area contributed by atoms with E-state index in [1.54, 1.807) is 0 Å². The Hall–Kier alpha value is 1.71. The number of unbranched alkanes of at least 4 members (excludes halogenated alkanes) is 2. The molecule has 0 aliphatic rings. The van der Waals surface area contributed by atoms with Gasteiger partial charge in [0.1, 0.15) is 0 Å². The molecular weight excluding hydrogens is 207 g/mol. The molecule has 1 N–H and O–H groups in total. The van der Waals surface area contributed by atoms with Gasteiger partial charge in [-0.2, -0.15) is 0 Å². The zero-order chi connectivity index (χ0) is 7.82. The number of hydrogen-bond acceptors (Lipinski definition) is 4. The van der Waals surface area contributed by atoms with Crippen molar-refractivity contribution in [2.45, 2.75) is 19.3 Å². The summed E-state index contributed by atoms with van der Waals surface area (Å²) in [5, 5.41) is 8.39. The third kappa shape index (κ3) is 14.5. The second-order valence-corrected chi connectivity index (χ2v) is 2.88. The SMILES string of the molecule is OCCCCCOC(=S)[S-].[K+]. The van der Waals surface area contributed by atoms with Crippen molar-refractivity contribution in [2.24, 2.45) is 0 Å². The summed E-state index contributed by atoms with van der Waals surface area (Å²) in [5.74, 6) is 0. The minimum Gasteiger partial charge on any atom is -0.514 e. The van der Waals surface area contributed by atoms with Crippen LogP contribution in [0, 0.1) is 0 Å². The largest absolute Gasteiger partial charge is 1.00 e. The normalized spacial score (nSPS) is 8.45. The first-order valence-electron chi connectivity index (χ1n) is 3.22. The van der Waals surface area contributed by atoms with Crippen LogP contribution >= 0.6 is 12.2 Å².